The molecule has 1 aliphatic heterocycles. The fraction of sp³-hybridized carbons (Fsp3) is 0.429. The molecule has 1 aliphatic rings. The van der Waals surface area contributed by atoms with E-state index in [2.05, 4.69) is 65.6 Å². The maximum atomic E-state index is 10.1. The van der Waals surface area contributed by atoms with Crippen molar-refractivity contribution in [2.75, 3.05) is 13.1 Å². The van der Waals surface area contributed by atoms with Crippen LogP contribution in [0.25, 0.3) is 0 Å². The zero-order valence-electron chi connectivity index (χ0n) is 14.5. The van der Waals surface area contributed by atoms with Crippen molar-refractivity contribution in [2.24, 2.45) is 5.92 Å². The first-order valence-corrected chi connectivity index (χ1v) is 8.73. The van der Waals surface area contributed by atoms with E-state index < -0.39 is 0 Å². The Bertz CT molecular complexity index is 553. The van der Waals surface area contributed by atoms with Gasteiger partial charge in [-0.25, -0.2) is 0 Å². The fourth-order valence-corrected chi connectivity index (χ4v) is 3.43. The van der Waals surface area contributed by atoms with E-state index in [1.807, 2.05) is 20.8 Å². The Kier molecular flexibility index (Phi) is 6.82. The molecule has 2 aromatic carbocycles. The summed E-state index contributed by atoms with van der Waals surface area (Å²) >= 11 is 0. The van der Waals surface area contributed by atoms with E-state index >= 15 is 0 Å². The van der Waals surface area contributed by atoms with E-state index in [9.17, 15) is 5.11 Å². The molecule has 0 amide bonds. The summed E-state index contributed by atoms with van der Waals surface area (Å²) in [6.07, 6.45) is -0.268. The lowest BCUT2D eigenvalue weighted by atomic mass is 9.86. The topological polar surface area (TPSA) is 23.5 Å². The highest BCUT2D eigenvalue weighted by Crippen LogP contribution is 2.35. The molecule has 2 aromatic rings. The molecule has 0 aliphatic carbocycles. The van der Waals surface area contributed by atoms with Crippen molar-refractivity contribution in [3.05, 3.63) is 71.8 Å². The average Bonchev–Trinajstić information content (AvgIpc) is 3.02. The normalized spacial score (nSPS) is 22.3. The van der Waals surface area contributed by atoms with E-state index in [1.165, 1.54) is 11.1 Å². The van der Waals surface area contributed by atoms with Gasteiger partial charge in [0.1, 0.15) is 0 Å². The molecule has 1 N–H and O–H groups in total. The predicted molar refractivity (Wildman–Crippen MR) is 97.4 cm³/mol. The van der Waals surface area contributed by atoms with Crippen LogP contribution >= 0.6 is 0 Å². The van der Waals surface area contributed by atoms with Crippen molar-refractivity contribution in [3.8, 4) is 0 Å². The number of hydrogen-bond acceptors (Lipinski definition) is 2. The monoisotopic (exact) mass is 311 g/mol. The number of hydrogen-bond donors (Lipinski definition) is 1. The Balaban J connectivity index is 0.000000924. The van der Waals surface area contributed by atoms with Crippen LogP contribution in [0.15, 0.2) is 60.7 Å². The summed E-state index contributed by atoms with van der Waals surface area (Å²) in [4.78, 5) is 2.46. The van der Waals surface area contributed by atoms with Crippen LogP contribution in [0.5, 0.6) is 0 Å². The first-order valence-electron chi connectivity index (χ1n) is 8.73. The van der Waals surface area contributed by atoms with Gasteiger partial charge in [0, 0.05) is 31.5 Å². The second kappa shape index (κ2) is 8.85. The molecule has 0 aromatic heterocycles. The van der Waals surface area contributed by atoms with Crippen LogP contribution in [0.2, 0.25) is 0 Å². The lowest BCUT2D eigenvalue weighted by Crippen LogP contribution is -2.25. The Morgan fingerprint density at radius 1 is 0.957 bits per heavy atom. The van der Waals surface area contributed by atoms with Crippen molar-refractivity contribution in [1.29, 1.82) is 0 Å². The highest BCUT2D eigenvalue weighted by atomic mass is 16.3. The largest absolute Gasteiger partial charge is 0.393 e. The van der Waals surface area contributed by atoms with Gasteiger partial charge in [0.15, 0.2) is 0 Å². The van der Waals surface area contributed by atoms with E-state index in [0.29, 0.717) is 11.8 Å². The zero-order valence-corrected chi connectivity index (χ0v) is 14.5. The molecule has 2 heteroatoms. The fourth-order valence-electron chi connectivity index (χ4n) is 3.43. The standard InChI is InChI=1S/C19H23NO.C2H6/c1-15(21)18-13-20(12-16-8-4-2-5-9-16)14-19(18)17-10-6-3-7-11-17;1-2/h2-11,15,18-19,21H,12-14H2,1H3;1-2H3/t15-,18+,19+;/m1./s1. The summed E-state index contributed by atoms with van der Waals surface area (Å²) in [5.41, 5.74) is 2.69. The molecular formula is C21H29NO. The maximum absolute atomic E-state index is 10.1. The van der Waals surface area contributed by atoms with Crippen LogP contribution in [0.4, 0.5) is 0 Å². The molecule has 0 radical (unpaired) electrons. The molecule has 1 heterocycles. The number of aliphatic hydroxyl groups excluding tert-OH is 1. The Morgan fingerprint density at radius 2 is 1.52 bits per heavy atom. The van der Waals surface area contributed by atoms with E-state index in [4.69, 9.17) is 0 Å². The number of aliphatic hydroxyl groups is 1. The minimum Gasteiger partial charge on any atom is -0.393 e. The van der Waals surface area contributed by atoms with Crippen molar-refractivity contribution in [1.82, 2.24) is 4.90 Å². The van der Waals surface area contributed by atoms with Gasteiger partial charge < -0.3 is 5.11 Å². The molecule has 23 heavy (non-hydrogen) atoms. The first-order chi connectivity index (χ1) is 11.2. The number of nitrogens with zero attached hydrogens (tertiary/aromatic N) is 1. The maximum Gasteiger partial charge on any atom is 0.0558 e. The van der Waals surface area contributed by atoms with Crippen molar-refractivity contribution >= 4 is 0 Å². The lowest BCUT2D eigenvalue weighted by Gasteiger charge is -2.21. The van der Waals surface area contributed by atoms with Gasteiger partial charge in [-0.05, 0) is 18.1 Å². The van der Waals surface area contributed by atoms with Gasteiger partial charge in [-0.1, -0.05) is 74.5 Å². The summed E-state index contributed by atoms with van der Waals surface area (Å²) in [6, 6.07) is 21.2. The van der Waals surface area contributed by atoms with Crippen LogP contribution in [0, 0.1) is 5.92 Å². The van der Waals surface area contributed by atoms with Crippen molar-refractivity contribution in [3.63, 3.8) is 0 Å². The number of likely N-dealkylation sites (tertiary alicyclic amines) is 1. The van der Waals surface area contributed by atoms with E-state index in [-0.39, 0.29) is 6.10 Å². The number of benzene rings is 2. The van der Waals surface area contributed by atoms with Crippen molar-refractivity contribution in [2.45, 2.75) is 39.3 Å². The molecule has 0 bridgehead atoms. The van der Waals surface area contributed by atoms with Crippen LogP contribution in [0.1, 0.15) is 37.8 Å². The highest BCUT2D eigenvalue weighted by Gasteiger charge is 2.36. The molecule has 0 unspecified atom stereocenters. The van der Waals surface area contributed by atoms with Gasteiger partial charge in [0.05, 0.1) is 6.10 Å². The number of rotatable bonds is 4. The van der Waals surface area contributed by atoms with Crippen LogP contribution in [0.3, 0.4) is 0 Å². The second-order valence-electron chi connectivity index (χ2n) is 6.10. The smallest absolute Gasteiger partial charge is 0.0558 e. The van der Waals surface area contributed by atoms with E-state index in [1.54, 1.807) is 0 Å². The molecule has 0 saturated carbocycles. The third-order valence-electron chi connectivity index (χ3n) is 4.54. The summed E-state index contributed by atoms with van der Waals surface area (Å²) < 4.78 is 0. The minimum absolute atomic E-state index is 0.268. The molecule has 3 atom stereocenters. The third kappa shape index (κ3) is 4.66. The van der Waals surface area contributed by atoms with E-state index in [0.717, 1.165) is 19.6 Å². The van der Waals surface area contributed by atoms with Gasteiger partial charge in [-0.3, -0.25) is 4.90 Å². The average molecular weight is 311 g/mol. The SMILES string of the molecule is CC.C[C@@H](O)[C@@H]1CN(Cc2ccccc2)C[C@H]1c1ccccc1. The van der Waals surface area contributed by atoms with Gasteiger partial charge in [0.2, 0.25) is 0 Å². The Labute approximate surface area is 140 Å². The van der Waals surface area contributed by atoms with Gasteiger partial charge in [-0.2, -0.15) is 0 Å². The van der Waals surface area contributed by atoms with Gasteiger partial charge in [-0.15, -0.1) is 0 Å². The molecule has 1 saturated heterocycles. The minimum atomic E-state index is -0.268. The molecule has 1 fully saturated rings. The summed E-state index contributed by atoms with van der Waals surface area (Å²) in [5.74, 6) is 0.742. The molecule has 2 nitrogen and oxygen atoms in total. The zero-order chi connectivity index (χ0) is 16.7. The predicted octanol–water partition coefficient (Wildman–Crippen LogP) is 4.31. The van der Waals surface area contributed by atoms with Gasteiger partial charge >= 0.3 is 0 Å². The summed E-state index contributed by atoms with van der Waals surface area (Å²) in [6.45, 7) is 8.88. The van der Waals surface area contributed by atoms with Crippen LogP contribution in [-0.2, 0) is 6.54 Å². The summed E-state index contributed by atoms with van der Waals surface area (Å²) in [5, 5.41) is 10.1. The Morgan fingerprint density at radius 3 is 2.09 bits per heavy atom. The molecule has 124 valence electrons. The van der Waals surface area contributed by atoms with Crippen molar-refractivity contribution < 1.29 is 5.11 Å². The van der Waals surface area contributed by atoms with Crippen LogP contribution < -0.4 is 0 Å². The molecular weight excluding hydrogens is 282 g/mol. The quantitative estimate of drug-likeness (QED) is 0.909. The highest BCUT2D eigenvalue weighted by molar-refractivity contribution is 5.23. The van der Waals surface area contributed by atoms with Crippen LogP contribution in [-0.4, -0.2) is 29.2 Å². The summed E-state index contributed by atoms with van der Waals surface area (Å²) in [7, 11) is 0. The third-order valence-corrected chi connectivity index (χ3v) is 4.54. The lowest BCUT2D eigenvalue weighted by molar-refractivity contribution is 0.120. The second-order valence-corrected chi connectivity index (χ2v) is 6.10. The molecule has 0 spiro atoms. The molecule has 3 rings (SSSR count). The Hall–Kier alpha value is -1.64. The first kappa shape index (κ1) is 17.7. The van der Waals surface area contributed by atoms with Gasteiger partial charge in [0.25, 0.3) is 0 Å².